The van der Waals surface area contributed by atoms with Crippen molar-refractivity contribution >= 4 is 16.7 Å². The molecule has 0 saturated heterocycles. The van der Waals surface area contributed by atoms with Crippen LogP contribution in [0.3, 0.4) is 0 Å². The topological polar surface area (TPSA) is 150 Å². The second kappa shape index (κ2) is 13.7. The van der Waals surface area contributed by atoms with Crippen LogP contribution in [0.4, 0.5) is 0 Å². The smallest absolute Gasteiger partial charge is 0.310 e. The summed E-state index contributed by atoms with van der Waals surface area (Å²) in [7, 11) is 1.57. The molecule has 8 heteroatoms. The zero-order valence-electron chi connectivity index (χ0n) is 20.0. The molecule has 0 amide bonds. The number of aliphatic carboxylic acids is 1. The molecule has 0 radical (unpaired) electrons. The van der Waals surface area contributed by atoms with E-state index in [-0.39, 0.29) is 6.54 Å². The van der Waals surface area contributed by atoms with Gasteiger partial charge in [0, 0.05) is 6.54 Å². The van der Waals surface area contributed by atoms with Crippen LogP contribution < -0.4 is 5.32 Å². The standard InChI is InChI=1S/C19H22O2.C7H17NO5/c1-13(19(20)21)15-11-12-16(14-7-3-2-4-8-14)18-10-6-5-9-17(15)18;1-8-2-4(10)6(12)7(13)5(11)3-9/h5-6,9-14H,2-4,7-8H2,1H3,(H,20,21);4-13H,2-3H2,1H3/t;4-,5+,6+,7+/m.0/s1. The van der Waals surface area contributed by atoms with Crippen LogP contribution in [0, 0.1) is 0 Å². The van der Waals surface area contributed by atoms with Crippen LogP contribution in [0.15, 0.2) is 36.4 Å². The highest BCUT2D eigenvalue weighted by Gasteiger charge is 2.29. The maximum Gasteiger partial charge on any atom is 0.310 e. The summed E-state index contributed by atoms with van der Waals surface area (Å²) in [6.45, 7) is 1.20. The van der Waals surface area contributed by atoms with Gasteiger partial charge in [-0.05, 0) is 54.6 Å². The summed E-state index contributed by atoms with van der Waals surface area (Å²) in [5, 5.41) is 59.1. The van der Waals surface area contributed by atoms with E-state index in [0.717, 1.165) is 10.9 Å². The molecule has 0 spiro atoms. The molecule has 190 valence electrons. The second-order valence-corrected chi connectivity index (χ2v) is 9.04. The van der Waals surface area contributed by atoms with Gasteiger partial charge >= 0.3 is 5.97 Å². The van der Waals surface area contributed by atoms with Crippen LogP contribution >= 0.6 is 0 Å². The Balaban J connectivity index is 0.000000273. The SMILES string of the molecule is CC(C(=O)O)c1ccc(C2CCCCC2)c2ccccc12.CNC[C@H](O)[C@@H](O)[C@H](O)[C@H](O)CO. The molecule has 7 N–H and O–H groups in total. The fraction of sp³-hybridized carbons (Fsp3) is 0.577. The van der Waals surface area contributed by atoms with Gasteiger partial charge in [0.2, 0.25) is 0 Å². The molecule has 2 aromatic carbocycles. The number of carboxylic acids is 1. The lowest BCUT2D eigenvalue weighted by atomic mass is 9.80. The number of likely N-dealkylation sites (N-methyl/N-ethyl adjacent to an activating group) is 1. The summed E-state index contributed by atoms with van der Waals surface area (Å²) in [6, 6.07) is 12.5. The van der Waals surface area contributed by atoms with Crippen LogP contribution in [0.5, 0.6) is 0 Å². The summed E-state index contributed by atoms with van der Waals surface area (Å²) < 4.78 is 0. The fourth-order valence-electron chi connectivity index (χ4n) is 4.52. The number of nitrogens with one attached hydrogen (secondary N) is 1. The molecule has 0 bridgehead atoms. The van der Waals surface area contributed by atoms with Crippen molar-refractivity contribution in [3.05, 3.63) is 47.5 Å². The molecule has 5 atom stereocenters. The molecule has 8 nitrogen and oxygen atoms in total. The average molecular weight is 478 g/mol. The van der Waals surface area contributed by atoms with Crippen molar-refractivity contribution in [1.29, 1.82) is 0 Å². The zero-order chi connectivity index (χ0) is 25.3. The summed E-state index contributed by atoms with van der Waals surface area (Å²) in [5.74, 6) is -0.585. The first-order chi connectivity index (χ1) is 16.2. The van der Waals surface area contributed by atoms with Crippen molar-refractivity contribution in [3.8, 4) is 0 Å². The highest BCUT2D eigenvalue weighted by molar-refractivity contribution is 5.93. The van der Waals surface area contributed by atoms with E-state index in [1.54, 1.807) is 14.0 Å². The second-order valence-electron chi connectivity index (χ2n) is 9.04. The predicted molar refractivity (Wildman–Crippen MR) is 131 cm³/mol. The molecule has 3 rings (SSSR count). The Hall–Kier alpha value is -2.07. The average Bonchev–Trinajstić information content (AvgIpc) is 2.87. The number of fused-ring (bicyclic) bond motifs is 1. The van der Waals surface area contributed by atoms with Gasteiger partial charge in [-0.15, -0.1) is 0 Å². The van der Waals surface area contributed by atoms with E-state index in [2.05, 4.69) is 29.6 Å². The van der Waals surface area contributed by atoms with Crippen LogP contribution in [0.25, 0.3) is 10.8 Å². The number of rotatable bonds is 9. The normalized spacial score (nSPS) is 18.9. The molecule has 0 aliphatic heterocycles. The number of carbonyl (C=O) groups is 1. The van der Waals surface area contributed by atoms with E-state index in [1.165, 1.54) is 43.1 Å². The van der Waals surface area contributed by atoms with Crippen molar-refractivity contribution in [2.45, 2.75) is 75.3 Å². The third-order valence-corrected chi connectivity index (χ3v) is 6.61. The molecule has 0 heterocycles. The Morgan fingerprint density at radius 1 is 0.941 bits per heavy atom. The fourth-order valence-corrected chi connectivity index (χ4v) is 4.52. The van der Waals surface area contributed by atoms with Gasteiger partial charge in [0.25, 0.3) is 0 Å². The quantitative estimate of drug-likeness (QED) is 0.288. The Labute approximate surface area is 200 Å². The third-order valence-electron chi connectivity index (χ3n) is 6.61. The van der Waals surface area contributed by atoms with E-state index >= 15 is 0 Å². The molecule has 34 heavy (non-hydrogen) atoms. The van der Waals surface area contributed by atoms with Crippen molar-refractivity contribution in [1.82, 2.24) is 5.32 Å². The van der Waals surface area contributed by atoms with Gasteiger partial charge in [0.05, 0.1) is 18.6 Å². The number of aliphatic hydroxyl groups excluding tert-OH is 5. The van der Waals surface area contributed by atoms with E-state index in [1.807, 2.05) is 12.1 Å². The minimum Gasteiger partial charge on any atom is -0.481 e. The van der Waals surface area contributed by atoms with Gasteiger partial charge in [-0.3, -0.25) is 4.79 Å². The Morgan fingerprint density at radius 2 is 1.53 bits per heavy atom. The lowest BCUT2D eigenvalue weighted by molar-refractivity contribution is -0.138. The van der Waals surface area contributed by atoms with Crippen LogP contribution in [0.2, 0.25) is 0 Å². The molecule has 1 saturated carbocycles. The van der Waals surface area contributed by atoms with Crippen molar-refractivity contribution < 1.29 is 35.4 Å². The first-order valence-corrected chi connectivity index (χ1v) is 11.9. The number of carboxylic acid groups (broad SMARTS) is 1. The summed E-state index contributed by atoms with van der Waals surface area (Å²) in [6.07, 6.45) is 0.849. The van der Waals surface area contributed by atoms with Crippen LogP contribution in [-0.2, 0) is 4.79 Å². The van der Waals surface area contributed by atoms with Gasteiger partial charge in [0.1, 0.15) is 18.3 Å². The van der Waals surface area contributed by atoms with Gasteiger partial charge in [-0.25, -0.2) is 0 Å². The summed E-state index contributed by atoms with van der Waals surface area (Å²) in [5.41, 5.74) is 2.34. The van der Waals surface area contributed by atoms with Gasteiger partial charge < -0.3 is 36.0 Å². The molecule has 0 aromatic heterocycles. The molecule has 2 aromatic rings. The summed E-state index contributed by atoms with van der Waals surface area (Å²) in [4.78, 5) is 11.3. The maximum absolute atomic E-state index is 11.3. The molecule has 1 aliphatic carbocycles. The van der Waals surface area contributed by atoms with E-state index in [4.69, 9.17) is 20.4 Å². The molecular weight excluding hydrogens is 438 g/mol. The maximum atomic E-state index is 11.3. The number of benzene rings is 2. The Kier molecular flexibility index (Phi) is 11.4. The minimum atomic E-state index is -1.55. The predicted octanol–water partition coefficient (Wildman–Crippen LogP) is 1.72. The monoisotopic (exact) mass is 477 g/mol. The molecule has 1 aliphatic rings. The summed E-state index contributed by atoms with van der Waals surface area (Å²) >= 11 is 0. The number of aliphatic hydroxyl groups is 5. The van der Waals surface area contributed by atoms with E-state index in [9.17, 15) is 15.0 Å². The molecule has 1 unspecified atom stereocenters. The lowest BCUT2D eigenvalue weighted by Crippen LogP contribution is -2.48. The van der Waals surface area contributed by atoms with E-state index in [0.29, 0.717) is 5.92 Å². The Morgan fingerprint density at radius 3 is 2.09 bits per heavy atom. The van der Waals surface area contributed by atoms with Crippen molar-refractivity contribution in [2.24, 2.45) is 0 Å². The Bertz CT molecular complexity index is 900. The van der Waals surface area contributed by atoms with E-state index < -0.39 is 42.9 Å². The minimum absolute atomic E-state index is 0.0936. The largest absolute Gasteiger partial charge is 0.481 e. The van der Waals surface area contributed by atoms with Crippen molar-refractivity contribution in [2.75, 3.05) is 20.2 Å². The molecule has 1 fully saturated rings. The zero-order valence-corrected chi connectivity index (χ0v) is 20.0. The first-order valence-electron chi connectivity index (χ1n) is 11.9. The number of hydrogen-bond donors (Lipinski definition) is 7. The van der Waals surface area contributed by atoms with Gasteiger partial charge in [-0.2, -0.15) is 0 Å². The highest BCUT2D eigenvalue weighted by Crippen LogP contribution is 2.38. The van der Waals surface area contributed by atoms with Gasteiger partial charge in [0.15, 0.2) is 0 Å². The van der Waals surface area contributed by atoms with Crippen LogP contribution in [-0.4, -0.2) is 81.2 Å². The van der Waals surface area contributed by atoms with Gasteiger partial charge in [-0.1, -0.05) is 55.7 Å². The first kappa shape index (κ1) is 28.2. The third kappa shape index (κ3) is 7.21. The molecular formula is C26H39NO7. The van der Waals surface area contributed by atoms with Crippen LogP contribution in [0.1, 0.15) is 62.0 Å². The highest BCUT2D eigenvalue weighted by atomic mass is 16.4. The number of hydrogen-bond acceptors (Lipinski definition) is 7. The van der Waals surface area contributed by atoms with Crippen molar-refractivity contribution in [3.63, 3.8) is 0 Å². The lowest BCUT2D eigenvalue weighted by Gasteiger charge is -2.25.